The number of amides is 1. The first-order valence-corrected chi connectivity index (χ1v) is 10.7. The van der Waals surface area contributed by atoms with Gasteiger partial charge in [-0.1, -0.05) is 35.3 Å². The first-order chi connectivity index (χ1) is 14.2. The van der Waals surface area contributed by atoms with Crippen molar-refractivity contribution in [2.24, 2.45) is 0 Å². The first-order valence-electron chi connectivity index (χ1n) is 9.57. The molecule has 0 unspecified atom stereocenters. The lowest BCUT2D eigenvalue weighted by molar-refractivity contribution is -0.118. The molecule has 2 aromatic rings. The predicted octanol–water partition coefficient (Wildman–Crippen LogP) is 5.39. The molecule has 0 spiro atoms. The zero-order chi connectivity index (χ0) is 22.1. The summed E-state index contributed by atoms with van der Waals surface area (Å²) in [6, 6.07) is 12.0. The number of anilines is 1. The average Bonchev–Trinajstić information content (AvgIpc) is 2.68. The van der Waals surface area contributed by atoms with Gasteiger partial charge in [0.1, 0.15) is 5.78 Å². The van der Waals surface area contributed by atoms with Crippen molar-refractivity contribution in [2.45, 2.75) is 25.7 Å². The van der Waals surface area contributed by atoms with Gasteiger partial charge in [-0.15, -0.1) is 12.4 Å². The number of Topliss-reactive ketones (excluding diaryl/α,β-unsaturated/α-hetero) is 1. The van der Waals surface area contributed by atoms with Crippen molar-refractivity contribution in [3.05, 3.63) is 63.6 Å². The number of halogens is 3. The van der Waals surface area contributed by atoms with Crippen LogP contribution in [-0.4, -0.2) is 42.3 Å². The van der Waals surface area contributed by atoms with E-state index in [9.17, 15) is 9.59 Å². The molecule has 0 aliphatic heterocycles. The van der Waals surface area contributed by atoms with E-state index in [-0.39, 0.29) is 29.2 Å². The third-order valence-corrected chi connectivity index (χ3v) is 5.28. The highest BCUT2D eigenvalue weighted by Gasteiger charge is 2.10. The Bertz CT molecular complexity index is 905. The van der Waals surface area contributed by atoms with Gasteiger partial charge < -0.3 is 10.2 Å². The minimum atomic E-state index is -0.387. The minimum Gasteiger partial charge on any atom is -0.332 e. The maximum absolute atomic E-state index is 12.2. The number of rotatable bonds is 9. The predicted molar refractivity (Wildman–Crippen MR) is 135 cm³/mol. The number of nitrogens with zero attached hydrogens (tertiary/aromatic N) is 1. The van der Waals surface area contributed by atoms with Crippen LogP contribution in [0.2, 0.25) is 10.0 Å². The van der Waals surface area contributed by atoms with Gasteiger partial charge in [-0.25, -0.2) is 0 Å². The van der Waals surface area contributed by atoms with E-state index < -0.39 is 0 Å². The van der Waals surface area contributed by atoms with Crippen molar-refractivity contribution in [3.63, 3.8) is 0 Å². The summed E-state index contributed by atoms with van der Waals surface area (Å²) in [5, 5.41) is 6.39. The van der Waals surface area contributed by atoms with Crippen LogP contribution >= 0.6 is 47.8 Å². The summed E-state index contributed by atoms with van der Waals surface area (Å²) in [7, 11) is 4.06. The van der Waals surface area contributed by atoms with E-state index in [1.54, 1.807) is 12.1 Å². The maximum Gasteiger partial charge on any atom is 0.257 e. The minimum absolute atomic E-state index is 0. The zero-order valence-corrected chi connectivity index (χ0v) is 20.6. The number of benzene rings is 2. The molecular formula is C22H26Cl3N3O2S. The van der Waals surface area contributed by atoms with Crippen molar-refractivity contribution in [1.82, 2.24) is 10.2 Å². The number of hydrogen-bond donors (Lipinski definition) is 2. The molecule has 2 rings (SSSR count). The number of thiocarbonyl (C=S) groups is 1. The summed E-state index contributed by atoms with van der Waals surface area (Å²) in [4.78, 5) is 26.5. The Morgan fingerprint density at radius 3 is 2.29 bits per heavy atom. The van der Waals surface area contributed by atoms with E-state index in [1.807, 2.05) is 38.4 Å². The molecule has 0 aromatic heterocycles. The topological polar surface area (TPSA) is 61.4 Å². The second-order valence-corrected chi connectivity index (χ2v) is 8.43. The molecule has 0 radical (unpaired) electrons. The van der Waals surface area contributed by atoms with Gasteiger partial charge in [0.25, 0.3) is 5.91 Å². The highest BCUT2D eigenvalue weighted by molar-refractivity contribution is 7.80. The molecule has 1 amide bonds. The number of hydrogen-bond acceptors (Lipinski definition) is 4. The van der Waals surface area contributed by atoms with Crippen molar-refractivity contribution >= 4 is 70.3 Å². The van der Waals surface area contributed by atoms with E-state index >= 15 is 0 Å². The largest absolute Gasteiger partial charge is 0.332 e. The Balaban J connectivity index is 0.00000480. The van der Waals surface area contributed by atoms with Crippen LogP contribution in [0.25, 0.3) is 0 Å². The van der Waals surface area contributed by atoms with Gasteiger partial charge in [0, 0.05) is 24.1 Å². The summed E-state index contributed by atoms with van der Waals surface area (Å²) in [5.74, 6) is -0.151. The van der Waals surface area contributed by atoms with E-state index in [4.69, 9.17) is 35.4 Å². The molecule has 2 N–H and O–H groups in total. The van der Waals surface area contributed by atoms with E-state index in [1.165, 1.54) is 6.07 Å². The maximum atomic E-state index is 12.2. The van der Waals surface area contributed by atoms with Crippen molar-refractivity contribution in [3.8, 4) is 0 Å². The number of nitrogens with one attached hydrogen (secondary N) is 2. The number of unbranched alkanes of at least 4 members (excludes halogenated alkanes) is 1. The molecule has 168 valence electrons. The second kappa shape index (κ2) is 13.7. The molecule has 0 aliphatic carbocycles. The third-order valence-electron chi connectivity index (χ3n) is 4.33. The lowest BCUT2D eigenvalue weighted by Crippen LogP contribution is -2.34. The molecule has 0 atom stereocenters. The van der Waals surface area contributed by atoms with Crippen LogP contribution in [0, 0.1) is 0 Å². The van der Waals surface area contributed by atoms with Gasteiger partial charge in [-0.3, -0.25) is 14.9 Å². The third kappa shape index (κ3) is 9.97. The number of ketones is 1. The van der Waals surface area contributed by atoms with Crippen LogP contribution in [0.3, 0.4) is 0 Å². The standard InChI is InChI=1S/C22H25Cl2N3O2S.ClH/c1-27(2)12-4-3-5-18(28)13-15-6-9-17(10-7-15)25-22(30)26-21(29)16-8-11-19(23)20(24)14-16;/h6-11,14H,3-5,12-13H2,1-2H3,(H2,25,26,29,30);1H. The molecule has 0 heterocycles. The normalized spacial score (nSPS) is 10.4. The first kappa shape index (κ1) is 27.3. The second-order valence-electron chi connectivity index (χ2n) is 7.21. The van der Waals surface area contributed by atoms with Gasteiger partial charge in [0.2, 0.25) is 0 Å². The van der Waals surface area contributed by atoms with Crippen molar-refractivity contribution < 1.29 is 9.59 Å². The summed E-state index contributed by atoms with van der Waals surface area (Å²) in [5.41, 5.74) is 2.02. The Kier molecular flexibility index (Phi) is 12.0. The lowest BCUT2D eigenvalue weighted by atomic mass is 10.0. The fourth-order valence-electron chi connectivity index (χ4n) is 2.75. The molecule has 0 fully saturated rings. The summed E-state index contributed by atoms with van der Waals surface area (Å²) >= 11 is 17.0. The van der Waals surface area contributed by atoms with Crippen LogP contribution in [0.1, 0.15) is 35.2 Å². The molecular weight excluding hydrogens is 477 g/mol. The number of carbonyl (C=O) groups excluding carboxylic acids is 2. The van der Waals surface area contributed by atoms with Gasteiger partial charge in [0.15, 0.2) is 5.11 Å². The molecule has 0 aliphatic rings. The number of carbonyl (C=O) groups is 2. The lowest BCUT2D eigenvalue weighted by Gasteiger charge is -2.11. The summed E-state index contributed by atoms with van der Waals surface area (Å²) in [6.45, 7) is 0.995. The smallest absolute Gasteiger partial charge is 0.257 e. The van der Waals surface area contributed by atoms with Crippen molar-refractivity contribution in [2.75, 3.05) is 26.0 Å². The fourth-order valence-corrected chi connectivity index (χ4v) is 3.26. The van der Waals surface area contributed by atoms with Crippen LogP contribution in [0.15, 0.2) is 42.5 Å². The van der Waals surface area contributed by atoms with E-state index in [0.29, 0.717) is 28.5 Å². The van der Waals surface area contributed by atoms with E-state index in [0.717, 1.165) is 30.6 Å². The van der Waals surface area contributed by atoms with Crippen LogP contribution < -0.4 is 10.6 Å². The molecule has 5 nitrogen and oxygen atoms in total. The Labute approximate surface area is 204 Å². The van der Waals surface area contributed by atoms with Crippen LogP contribution in [-0.2, 0) is 11.2 Å². The molecule has 9 heteroatoms. The molecule has 31 heavy (non-hydrogen) atoms. The van der Waals surface area contributed by atoms with E-state index in [2.05, 4.69) is 15.5 Å². The SMILES string of the molecule is CN(C)CCCCC(=O)Cc1ccc(NC(=S)NC(=O)c2ccc(Cl)c(Cl)c2)cc1.Cl. The van der Waals surface area contributed by atoms with Crippen LogP contribution in [0.4, 0.5) is 5.69 Å². The highest BCUT2D eigenvalue weighted by Crippen LogP contribution is 2.22. The van der Waals surface area contributed by atoms with Crippen molar-refractivity contribution in [1.29, 1.82) is 0 Å². The van der Waals surface area contributed by atoms with Gasteiger partial charge in [-0.2, -0.15) is 0 Å². The Morgan fingerprint density at radius 1 is 1.00 bits per heavy atom. The van der Waals surface area contributed by atoms with Crippen LogP contribution in [0.5, 0.6) is 0 Å². The molecule has 2 aromatic carbocycles. The average molecular weight is 503 g/mol. The summed E-state index contributed by atoms with van der Waals surface area (Å²) in [6.07, 6.45) is 2.94. The Hall–Kier alpha value is -1.70. The molecule has 0 saturated heterocycles. The van der Waals surface area contributed by atoms with Gasteiger partial charge >= 0.3 is 0 Å². The van der Waals surface area contributed by atoms with Gasteiger partial charge in [0.05, 0.1) is 10.0 Å². The van der Waals surface area contributed by atoms with Gasteiger partial charge in [-0.05, 0) is 81.6 Å². The monoisotopic (exact) mass is 501 g/mol. The molecule has 0 bridgehead atoms. The quantitative estimate of drug-likeness (QED) is 0.356. The Morgan fingerprint density at radius 2 is 1.68 bits per heavy atom. The summed E-state index contributed by atoms with van der Waals surface area (Å²) < 4.78 is 0. The molecule has 0 saturated carbocycles. The highest BCUT2D eigenvalue weighted by atomic mass is 35.5. The fraction of sp³-hybridized carbons (Fsp3) is 0.318. The zero-order valence-electron chi connectivity index (χ0n) is 17.4.